The first-order valence-electron chi connectivity index (χ1n) is 5.81. The van der Waals surface area contributed by atoms with E-state index in [-0.39, 0.29) is 12.1 Å². The molecule has 3 N–H and O–H groups in total. The third-order valence-electron chi connectivity index (χ3n) is 2.61. The first-order chi connectivity index (χ1) is 8.34. The standard InChI is InChI=1S/C10H17N5O2/c16-10(14-8-3-5-17-6-8)11-4-1-2-9-12-7-13-15-9/h7-8H,1-6H2,(H2,11,14,16)(H,12,13,15). The fourth-order valence-electron chi connectivity index (χ4n) is 1.69. The number of nitrogens with zero attached hydrogens (tertiary/aromatic N) is 2. The minimum atomic E-state index is -0.127. The van der Waals surface area contributed by atoms with Gasteiger partial charge in [0.25, 0.3) is 0 Å². The first-order valence-corrected chi connectivity index (χ1v) is 5.81. The molecular weight excluding hydrogens is 222 g/mol. The van der Waals surface area contributed by atoms with Gasteiger partial charge in [-0.25, -0.2) is 9.78 Å². The fourth-order valence-corrected chi connectivity index (χ4v) is 1.69. The smallest absolute Gasteiger partial charge is 0.315 e. The van der Waals surface area contributed by atoms with Gasteiger partial charge in [0.05, 0.1) is 12.6 Å². The summed E-state index contributed by atoms with van der Waals surface area (Å²) in [6.45, 7) is 1.97. The molecule has 0 bridgehead atoms. The number of hydrogen-bond acceptors (Lipinski definition) is 4. The second-order valence-corrected chi connectivity index (χ2v) is 4.00. The Morgan fingerprint density at radius 3 is 3.29 bits per heavy atom. The van der Waals surface area contributed by atoms with E-state index in [1.165, 1.54) is 6.33 Å². The van der Waals surface area contributed by atoms with Crippen molar-refractivity contribution in [2.45, 2.75) is 25.3 Å². The second kappa shape index (κ2) is 6.19. The Bertz CT molecular complexity index is 334. The van der Waals surface area contributed by atoms with Gasteiger partial charge in [-0.3, -0.25) is 5.10 Å². The molecule has 0 spiro atoms. The number of H-pyrrole nitrogens is 1. The van der Waals surface area contributed by atoms with Crippen LogP contribution in [0.5, 0.6) is 0 Å². The normalized spacial score (nSPS) is 19.2. The van der Waals surface area contributed by atoms with Crippen molar-refractivity contribution in [3.63, 3.8) is 0 Å². The molecule has 7 nitrogen and oxygen atoms in total. The highest BCUT2D eigenvalue weighted by Crippen LogP contribution is 2.02. The maximum atomic E-state index is 11.4. The number of carbonyl (C=O) groups excluding carboxylic acids is 1. The largest absolute Gasteiger partial charge is 0.379 e. The van der Waals surface area contributed by atoms with E-state index >= 15 is 0 Å². The molecule has 2 heterocycles. The second-order valence-electron chi connectivity index (χ2n) is 4.00. The van der Waals surface area contributed by atoms with E-state index in [9.17, 15) is 4.79 Å². The lowest BCUT2D eigenvalue weighted by molar-refractivity contribution is 0.188. The molecule has 0 aromatic carbocycles. The molecular formula is C10H17N5O2. The molecule has 1 aromatic rings. The average molecular weight is 239 g/mol. The minimum Gasteiger partial charge on any atom is -0.379 e. The topological polar surface area (TPSA) is 91.9 Å². The zero-order chi connectivity index (χ0) is 11.9. The Morgan fingerprint density at radius 2 is 2.59 bits per heavy atom. The van der Waals surface area contributed by atoms with Crippen LogP contribution in [0.4, 0.5) is 4.79 Å². The minimum absolute atomic E-state index is 0.127. The number of ether oxygens (including phenoxy) is 1. The van der Waals surface area contributed by atoms with Crippen LogP contribution in [0.2, 0.25) is 0 Å². The highest BCUT2D eigenvalue weighted by Gasteiger charge is 2.17. The van der Waals surface area contributed by atoms with Crippen molar-refractivity contribution >= 4 is 6.03 Å². The molecule has 0 radical (unpaired) electrons. The maximum absolute atomic E-state index is 11.4. The van der Waals surface area contributed by atoms with Gasteiger partial charge in [-0.2, -0.15) is 5.10 Å². The molecule has 1 aliphatic heterocycles. The molecule has 94 valence electrons. The van der Waals surface area contributed by atoms with Gasteiger partial charge in [0.2, 0.25) is 0 Å². The summed E-state index contributed by atoms with van der Waals surface area (Å²) in [6.07, 6.45) is 4.00. The van der Waals surface area contributed by atoms with Crippen molar-refractivity contribution in [3.8, 4) is 0 Å². The zero-order valence-electron chi connectivity index (χ0n) is 9.61. The Kier molecular flexibility index (Phi) is 4.31. The van der Waals surface area contributed by atoms with Crippen molar-refractivity contribution in [1.82, 2.24) is 25.8 Å². The molecule has 1 aromatic heterocycles. The molecule has 17 heavy (non-hydrogen) atoms. The van der Waals surface area contributed by atoms with Gasteiger partial charge in [0, 0.05) is 19.6 Å². The molecule has 2 rings (SSSR count). The van der Waals surface area contributed by atoms with Crippen LogP contribution in [0.1, 0.15) is 18.7 Å². The van der Waals surface area contributed by atoms with E-state index in [2.05, 4.69) is 25.8 Å². The van der Waals surface area contributed by atoms with E-state index in [0.717, 1.165) is 31.7 Å². The molecule has 1 saturated heterocycles. The van der Waals surface area contributed by atoms with Crippen LogP contribution >= 0.6 is 0 Å². The van der Waals surface area contributed by atoms with E-state index in [1.807, 2.05) is 0 Å². The van der Waals surface area contributed by atoms with Gasteiger partial charge in [0.15, 0.2) is 0 Å². The van der Waals surface area contributed by atoms with Gasteiger partial charge in [-0.15, -0.1) is 0 Å². The van der Waals surface area contributed by atoms with E-state index in [0.29, 0.717) is 13.2 Å². The number of nitrogens with one attached hydrogen (secondary N) is 3. The predicted molar refractivity (Wildman–Crippen MR) is 60.5 cm³/mol. The highest BCUT2D eigenvalue weighted by atomic mass is 16.5. The zero-order valence-corrected chi connectivity index (χ0v) is 9.61. The van der Waals surface area contributed by atoms with E-state index < -0.39 is 0 Å². The monoisotopic (exact) mass is 239 g/mol. The van der Waals surface area contributed by atoms with Crippen molar-refractivity contribution in [2.24, 2.45) is 0 Å². The number of aryl methyl sites for hydroxylation is 1. The van der Waals surface area contributed by atoms with Crippen LogP contribution < -0.4 is 10.6 Å². The fraction of sp³-hybridized carbons (Fsp3) is 0.700. The quantitative estimate of drug-likeness (QED) is 0.622. The molecule has 2 amide bonds. The van der Waals surface area contributed by atoms with Gasteiger partial charge in [0.1, 0.15) is 12.2 Å². The lowest BCUT2D eigenvalue weighted by atomic mass is 10.3. The Hall–Kier alpha value is -1.63. The lowest BCUT2D eigenvalue weighted by Crippen LogP contribution is -2.42. The molecule has 7 heteroatoms. The average Bonchev–Trinajstić information content (AvgIpc) is 2.96. The van der Waals surface area contributed by atoms with Gasteiger partial charge in [-0.1, -0.05) is 0 Å². The summed E-state index contributed by atoms with van der Waals surface area (Å²) < 4.78 is 5.17. The predicted octanol–water partition coefficient (Wildman–Crippen LogP) is -0.175. The van der Waals surface area contributed by atoms with Gasteiger partial charge >= 0.3 is 6.03 Å². The van der Waals surface area contributed by atoms with Crippen LogP contribution in [0.25, 0.3) is 0 Å². The third kappa shape index (κ3) is 4.03. The number of hydrogen-bond donors (Lipinski definition) is 3. The van der Waals surface area contributed by atoms with Crippen molar-refractivity contribution in [2.75, 3.05) is 19.8 Å². The summed E-state index contributed by atoms with van der Waals surface area (Å²) in [5, 5.41) is 12.2. The SMILES string of the molecule is O=C(NCCCc1ncn[nH]1)NC1CCOC1. The molecule has 0 aliphatic carbocycles. The summed E-state index contributed by atoms with van der Waals surface area (Å²) in [7, 11) is 0. The summed E-state index contributed by atoms with van der Waals surface area (Å²) in [4.78, 5) is 15.5. The summed E-state index contributed by atoms with van der Waals surface area (Å²) in [5.74, 6) is 0.844. The number of aromatic nitrogens is 3. The van der Waals surface area contributed by atoms with E-state index in [4.69, 9.17) is 4.74 Å². The van der Waals surface area contributed by atoms with Crippen molar-refractivity contribution < 1.29 is 9.53 Å². The van der Waals surface area contributed by atoms with Crippen LogP contribution in [-0.2, 0) is 11.2 Å². The van der Waals surface area contributed by atoms with Gasteiger partial charge < -0.3 is 15.4 Å². The molecule has 1 fully saturated rings. The van der Waals surface area contributed by atoms with Crippen LogP contribution in [0.15, 0.2) is 6.33 Å². The highest BCUT2D eigenvalue weighted by molar-refractivity contribution is 5.74. The van der Waals surface area contributed by atoms with Crippen LogP contribution in [-0.4, -0.2) is 47.0 Å². The van der Waals surface area contributed by atoms with Gasteiger partial charge in [-0.05, 0) is 12.8 Å². The van der Waals surface area contributed by atoms with Crippen molar-refractivity contribution in [3.05, 3.63) is 12.2 Å². The number of amides is 2. The summed E-state index contributed by atoms with van der Waals surface area (Å²) in [6, 6.07) is 0.0299. The lowest BCUT2D eigenvalue weighted by Gasteiger charge is -2.11. The Morgan fingerprint density at radius 1 is 1.65 bits per heavy atom. The Labute approximate surface area is 99.3 Å². The summed E-state index contributed by atoms with van der Waals surface area (Å²) in [5.41, 5.74) is 0. The molecule has 1 unspecified atom stereocenters. The number of carbonyl (C=O) groups is 1. The molecule has 0 saturated carbocycles. The van der Waals surface area contributed by atoms with Crippen LogP contribution in [0, 0.1) is 0 Å². The van der Waals surface area contributed by atoms with E-state index in [1.54, 1.807) is 0 Å². The van der Waals surface area contributed by atoms with Crippen molar-refractivity contribution in [1.29, 1.82) is 0 Å². The number of aromatic amines is 1. The maximum Gasteiger partial charge on any atom is 0.315 e. The Balaban J connectivity index is 1.53. The first kappa shape index (κ1) is 11.8. The molecule has 1 aliphatic rings. The number of rotatable bonds is 5. The van der Waals surface area contributed by atoms with Crippen LogP contribution in [0.3, 0.4) is 0 Å². The summed E-state index contributed by atoms with van der Waals surface area (Å²) >= 11 is 0. The number of urea groups is 1. The molecule has 1 atom stereocenters. The third-order valence-corrected chi connectivity index (χ3v) is 2.61.